The zero-order chi connectivity index (χ0) is 18.3. The number of hydrogen-bond acceptors (Lipinski definition) is 3. The number of aryl methyl sites for hydroxylation is 1. The molecule has 2 fully saturated rings. The number of likely N-dealkylation sites (tertiary alicyclic amines) is 2. The number of imidazole rings is 1. The van der Waals surface area contributed by atoms with Crippen LogP contribution >= 0.6 is 0 Å². The number of amides is 2. The Morgan fingerprint density at radius 1 is 1.15 bits per heavy atom. The van der Waals surface area contributed by atoms with E-state index in [1.165, 1.54) is 0 Å². The normalized spacial score (nSPS) is 24.8. The van der Waals surface area contributed by atoms with Crippen molar-refractivity contribution < 1.29 is 9.59 Å². The summed E-state index contributed by atoms with van der Waals surface area (Å²) in [7, 11) is 0. The van der Waals surface area contributed by atoms with E-state index in [-0.39, 0.29) is 17.9 Å². The lowest BCUT2D eigenvalue weighted by atomic mass is 9.89. The van der Waals surface area contributed by atoms with Crippen LogP contribution in [0.5, 0.6) is 0 Å². The maximum Gasteiger partial charge on any atom is 0.242 e. The van der Waals surface area contributed by atoms with Gasteiger partial charge in [0.2, 0.25) is 11.8 Å². The number of nitrogens with zero attached hydrogens (tertiary/aromatic N) is 4. The molecule has 2 amide bonds. The maximum atomic E-state index is 12.8. The molecule has 0 unspecified atom stereocenters. The molecule has 0 saturated carbocycles. The van der Waals surface area contributed by atoms with Crippen LogP contribution in [0.4, 0.5) is 0 Å². The SMILES string of the molecule is CC(=O)N1C[C@H]2CN(C(=O)Cn3ccnc3C)C[C@H]2[C@@H]1c1ccccc1. The van der Waals surface area contributed by atoms with Crippen LogP contribution in [0.1, 0.15) is 24.4 Å². The third kappa shape index (κ3) is 2.89. The van der Waals surface area contributed by atoms with Gasteiger partial charge in [0.1, 0.15) is 12.4 Å². The van der Waals surface area contributed by atoms with Crippen molar-refractivity contribution in [2.24, 2.45) is 11.8 Å². The fraction of sp³-hybridized carbons (Fsp3) is 0.450. The topological polar surface area (TPSA) is 58.4 Å². The van der Waals surface area contributed by atoms with Crippen molar-refractivity contribution in [2.45, 2.75) is 26.4 Å². The average molecular weight is 352 g/mol. The third-order valence-corrected chi connectivity index (χ3v) is 5.79. The number of benzene rings is 1. The highest BCUT2D eigenvalue weighted by Crippen LogP contribution is 2.44. The zero-order valence-electron chi connectivity index (χ0n) is 15.2. The summed E-state index contributed by atoms with van der Waals surface area (Å²) in [5.41, 5.74) is 1.16. The summed E-state index contributed by atoms with van der Waals surface area (Å²) in [6, 6.07) is 10.3. The van der Waals surface area contributed by atoms with Gasteiger partial charge < -0.3 is 14.4 Å². The van der Waals surface area contributed by atoms with Gasteiger partial charge in [0.25, 0.3) is 0 Å². The number of aromatic nitrogens is 2. The summed E-state index contributed by atoms with van der Waals surface area (Å²) < 4.78 is 1.88. The Morgan fingerprint density at radius 3 is 2.58 bits per heavy atom. The van der Waals surface area contributed by atoms with Gasteiger partial charge in [-0.1, -0.05) is 30.3 Å². The van der Waals surface area contributed by atoms with Crippen molar-refractivity contribution in [1.29, 1.82) is 0 Å². The summed E-state index contributed by atoms with van der Waals surface area (Å²) in [5, 5.41) is 0. The van der Waals surface area contributed by atoms with Crippen LogP contribution in [0, 0.1) is 18.8 Å². The summed E-state index contributed by atoms with van der Waals surface area (Å²) >= 11 is 0. The molecule has 0 radical (unpaired) electrons. The second kappa shape index (κ2) is 6.59. The minimum Gasteiger partial charge on any atom is -0.340 e. The molecule has 1 aromatic heterocycles. The van der Waals surface area contributed by atoms with E-state index in [2.05, 4.69) is 17.1 Å². The molecule has 2 saturated heterocycles. The Labute approximate surface area is 153 Å². The number of carbonyl (C=O) groups excluding carboxylic acids is 2. The Morgan fingerprint density at radius 2 is 1.92 bits per heavy atom. The fourth-order valence-corrected chi connectivity index (χ4v) is 4.47. The molecule has 2 aliphatic rings. The summed E-state index contributed by atoms with van der Waals surface area (Å²) in [5.74, 6) is 1.73. The summed E-state index contributed by atoms with van der Waals surface area (Å²) in [6.45, 7) is 6.04. The van der Waals surface area contributed by atoms with Crippen molar-refractivity contribution in [1.82, 2.24) is 19.4 Å². The van der Waals surface area contributed by atoms with Gasteiger partial charge in [-0.25, -0.2) is 4.98 Å². The van der Waals surface area contributed by atoms with E-state index < -0.39 is 0 Å². The number of fused-ring (bicyclic) bond motifs is 1. The first-order chi connectivity index (χ1) is 12.5. The Hall–Kier alpha value is -2.63. The first kappa shape index (κ1) is 16.8. The van der Waals surface area contributed by atoms with E-state index in [0.29, 0.717) is 24.9 Å². The molecule has 1 aromatic carbocycles. The van der Waals surface area contributed by atoms with Crippen LogP contribution in [0.3, 0.4) is 0 Å². The highest BCUT2D eigenvalue weighted by atomic mass is 16.2. The highest BCUT2D eigenvalue weighted by Gasteiger charge is 2.49. The van der Waals surface area contributed by atoms with Crippen molar-refractivity contribution in [2.75, 3.05) is 19.6 Å². The number of hydrogen-bond donors (Lipinski definition) is 0. The number of carbonyl (C=O) groups is 2. The largest absolute Gasteiger partial charge is 0.340 e. The molecule has 0 aliphatic carbocycles. The quantitative estimate of drug-likeness (QED) is 0.847. The Balaban J connectivity index is 1.52. The minimum absolute atomic E-state index is 0.0616. The van der Waals surface area contributed by atoms with Gasteiger partial charge in [-0.15, -0.1) is 0 Å². The maximum absolute atomic E-state index is 12.8. The average Bonchev–Trinajstić information content (AvgIpc) is 3.30. The first-order valence-corrected chi connectivity index (χ1v) is 9.12. The van der Waals surface area contributed by atoms with E-state index in [1.807, 2.05) is 45.7 Å². The molecule has 6 nitrogen and oxygen atoms in total. The third-order valence-electron chi connectivity index (χ3n) is 5.79. The van der Waals surface area contributed by atoms with Gasteiger partial charge in [0, 0.05) is 50.8 Å². The molecular formula is C20H24N4O2. The minimum atomic E-state index is 0.0616. The summed E-state index contributed by atoms with van der Waals surface area (Å²) in [4.78, 5) is 33.0. The monoisotopic (exact) mass is 352 g/mol. The van der Waals surface area contributed by atoms with E-state index in [9.17, 15) is 9.59 Å². The van der Waals surface area contributed by atoms with E-state index in [1.54, 1.807) is 13.1 Å². The first-order valence-electron chi connectivity index (χ1n) is 9.12. The zero-order valence-corrected chi connectivity index (χ0v) is 15.2. The lowest BCUT2D eigenvalue weighted by Crippen LogP contribution is -2.37. The molecule has 2 aliphatic heterocycles. The fourth-order valence-electron chi connectivity index (χ4n) is 4.47. The van der Waals surface area contributed by atoms with Crippen LogP contribution < -0.4 is 0 Å². The molecular weight excluding hydrogens is 328 g/mol. The van der Waals surface area contributed by atoms with Crippen LogP contribution in [0.2, 0.25) is 0 Å². The molecule has 0 spiro atoms. The van der Waals surface area contributed by atoms with Crippen molar-refractivity contribution in [3.05, 3.63) is 54.1 Å². The van der Waals surface area contributed by atoms with Crippen LogP contribution in [-0.2, 0) is 16.1 Å². The summed E-state index contributed by atoms with van der Waals surface area (Å²) in [6.07, 6.45) is 3.56. The Kier molecular flexibility index (Phi) is 4.26. The number of rotatable bonds is 3. The molecule has 26 heavy (non-hydrogen) atoms. The second-order valence-electron chi connectivity index (χ2n) is 7.35. The molecule has 136 valence electrons. The molecule has 3 atom stereocenters. The molecule has 4 rings (SSSR count). The van der Waals surface area contributed by atoms with Gasteiger partial charge in [0.15, 0.2) is 0 Å². The molecule has 0 bridgehead atoms. The van der Waals surface area contributed by atoms with E-state index in [4.69, 9.17) is 0 Å². The standard InChI is InChI=1S/C20H24N4O2/c1-14-21-8-9-22(14)13-19(26)23-10-17-11-24(15(2)25)20(18(17)12-23)16-6-4-3-5-7-16/h3-9,17-18,20H,10-13H2,1-2H3/t17-,18-,20+/m1/s1. The molecule has 6 heteroatoms. The lowest BCUT2D eigenvalue weighted by molar-refractivity contribution is -0.132. The lowest BCUT2D eigenvalue weighted by Gasteiger charge is -2.29. The van der Waals surface area contributed by atoms with Crippen molar-refractivity contribution in [3.8, 4) is 0 Å². The predicted molar refractivity (Wildman–Crippen MR) is 97.1 cm³/mol. The molecule has 0 N–H and O–H groups in total. The van der Waals surface area contributed by atoms with Gasteiger partial charge in [-0.3, -0.25) is 9.59 Å². The van der Waals surface area contributed by atoms with Gasteiger partial charge in [-0.2, -0.15) is 0 Å². The highest BCUT2D eigenvalue weighted by molar-refractivity contribution is 5.77. The molecule has 3 heterocycles. The van der Waals surface area contributed by atoms with Crippen LogP contribution in [0.25, 0.3) is 0 Å². The Bertz CT molecular complexity index is 816. The van der Waals surface area contributed by atoms with Crippen LogP contribution in [0.15, 0.2) is 42.7 Å². The van der Waals surface area contributed by atoms with E-state index >= 15 is 0 Å². The van der Waals surface area contributed by atoms with Gasteiger partial charge in [-0.05, 0) is 12.5 Å². The smallest absolute Gasteiger partial charge is 0.242 e. The van der Waals surface area contributed by atoms with Gasteiger partial charge in [0.05, 0.1) is 6.04 Å². The van der Waals surface area contributed by atoms with Crippen molar-refractivity contribution >= 4 is 11.8 Å². The second-order valence-corrected chi connectivity index (χ2v) is 7.35. The van der Waals surface area contributed by atoms with Gasteiger partial charge >= 0.3 is 0 Å². The van der Waals surface area contributed by atoms with E-state index in [0.717, 1.165) is 24.5 Å². The van der Waals surface area contributed by atoms with Crippen molar-refractivity contribution in [3.63, 3.8) is 0 Å². The molecule has 2 aromatic rings. The van der Waals surface area contributed by atoms with Crippen LogP contribution in [-0.4, -0.2) is 50.8 Å². The predicted octanol–water partition coefficient (Wildman–Crippen LogP) is 1.87.